The maximum absolute atomic E-state index is 12.8. The first-order valence-electron chi connectivity index (χ1n) is 9.13. The zero-order chi connectivity index (χ0) is 22.6. The van der Waals surface area contributed by atoms with Crippen LogP contribution >= 0.6 is 23.2 Å². The van der Waals surface area contributed by atoms with Gasteiger partial charge in [0.15, 0.2) is 11.5 Å². The van der Waals surface area contributed by atoms with E-state index in [0.29, 0.717) is 26.9 Å². The standard InChI is InChI=1S/C22H20Cl2N2O4S/c1-14-4-5-15(2)22(10-14)31(27,28)30-20-9-6-16(11-21(20)29-3)13-25-26-17-7-8-18(23)19(24)12-17/h4-13,26H,1-3H3/b25-13-. The molecule has 0 saturated carbocycles. The fourth-order valence-corrected chi connectivity index (χ4v) is 4.27. The number of aryl methyl sites for hydroxylation is 2. The third-order valence-electron chi connectivity index (χ3n) is 4.33. The van der Waals surface area contributed by atoms with Gasteiger partial charge >= 0.3 is 10.1 Å². The lowest BCUT2D eigenvalue weighted by atomic mass is 10.2. The van der Waals surface area contributed by atoms with Crippen LogP contribution in [0.15, 0.2) is 64.6 Å². The fraction of sp³-hybridized carbons (Fsp3) is 0.136. The molecule has 0 radical (unpaired) electrons. The van der Waals surface area contributed by atoms with E-state index in [0.717, 1.165) is 5.56 Å². The zero-order valence-electron chi connectivity index (χ0n) is 17.0. The van der Waals surface area contributed by atoms with E-state index in [-0.39, 0.29) is 16.4 Å². The number of hydrazone groups is 1. The van der Waals surface area contributed by atoms with Gasteiger partial charge in [0.05, 0.1) is 29.1 Å². The van der Waals surface area contributed by atoms with Gasteiger partial charge in [-0.05, 0) is 73.0 Å². The Morgan fingerprint density at radius 1 is 0.935 bits per heavy atom. The summed E-state index contributed by atoms with van der Waals surface area (Å²) >= 11 is 11.9. The lowest BCUT2D eigenvalue weighted by Crippen LogP contribution is -2.12. The van der Waals surface area contributed by atoms with Crippen LogP contribution in [0.1, 0.15) is 16.7 Å². The molecule has 0 aliphatic heterocycles. The summed E-state index contributed by atoms with van der Waals surface area (Å²) in [6.07, 6.45) is 1.55. The maximum atomic E-state index is 12.8. The van der Waals surface area contributed by atoms with Crippen LogP contribution in [-0.4, -0.2) is 21.7 Å². The van der Waals surface area contributed by atoms with E-state index in [2.05, 4.69) is 10.5 Å². The van der Waals surface area contributed by atoms with E-state index in [1.165, 1.54) is 13.2 Å². The molecule has 6 nitrogen and oxygen atoms in total. The molecule has 3 aromatic carbocycles. The lowest BCUT2D eigenvalue weighted by molar-refractivity contribution is 0.390. The van der Waals surface area contributed by atoms with E-state index < -0.39 is 10.1 Å². The summed E-state index contributed by atoms with van der Waals surface area (Å²) in [7, 11) is -2.59. The van der Waals surface area contributed by atoms with Gasteiger partial charge in [-0.2, -0.15) is 13.5 Å². The Kier molecular flexibility index (Phi) is 7.10. The topological polar surface area (TPSA) is 77.0 Å². The Hall–Kier alpha value is -2.74. The van der Waals surface area contributed by atoms with E-state index in [1.807, 2.05) is 13.0 Å². The van der Waals surface area contributed by atoms with Crippen molar-refractivity contribution < 1.29 is 17.3 Å². The molecular formula is C22H20Cl2N2O4S. The first-order valence-corrected chi connectivity index (χ1v) is 11.3. The number of ether oxygens (including phenoxy) is 1. The predicted molar refractivity (Wildman–Crippen MR) is 124 cm³/mol. The quantitative estimate of drug-likeness (QED) is 0.262. The zero-order valence-corrected chi connectivity index (χ0v) is 19.3. The molecule has 0 saturated heterocycles. The predicted octanol–water partition coefficient (Wildman–Crippen LogP) is 5.83. The lowest BCUT2D eigenvalue weighted by Gasteiger charge is -2.13. The van der Waals surface area contributed by atoms with Gasteiger partial charge < -0.3 is 8.92 Å². The van der Waals surface area contributed by atoms with Gasteiger partial charge in [0.1, 0.15) is 4.90 Å². The smallest absolute Gasteiger partial charge is 0.339 e. The van der Waals surface area contributed by atoms with Crippen molar-refractivity contribution in [1.82, 2.24) is 0 Å². The number of hydrogen-bond acceptors (Lipinski definition) is 6. The van der Waals surface area contributed by atoms with Crippen molar-refractivity contribution in [2.45, 2.75) is 18.7 Å². The number of anilines is 1. The summed E-state index contributed by atoms with van der Waals surface area (Å²) in [6, 6.07) is 15.0. The largest absolute Gasteiger partial charge is 0.493 e. The van der Waals surface area contributed by atoms with Gasteiger partial charge in [0.2, 0.25) is 0 Å². The van der Waals surface area contributed by atoms with Crippen molar-refractivity contribution in [1.29, 1.82) is 0 Å². The number of nitrogens with one attached hydrogen (secondary N) is 1. The number of rotatable bonds is 7. The average molecular weight is 479 g/mol. The molecule has 3 aromatic rings. The molecule has 1 N–H and O–H groups in total. The highest BCUT2D eigenvalue weighted by atomic mass is 35.5. The Morgan fingerprint density at radius 3 is 2.42 bits per heavy atom. The highest BCUT2D eigenvalue weighted by Crippen LogP contribution is 2.31. The average Bonchev–Trinajstić information content (AvgIpc) is 2.73. The van der Waals surface area contributed by atoms with Crippen LogP contribution in [0.25, 0.3) is 0 Å². The Morgan fingerprint density at radius 2 is 1.71 bits per heavy atom. The molecule has 162 valence electrons. The van der Waals surface area contributed by atoms with Gasteiger partial charge in [-0.3, -0.25) is 5.43 Å². The SMILES string of the molecule is COc1cc(/C=N\Nc2ccc(Cl)c(Cl)c2)ccc1OS(=O)(=O)c1cc(C)ccc1C. The molecule has 3 rings (SSSR count). The third kappa shape index (κ3) is 5.70. The van der Waals surface area contributed by atoms with Crippen LogP contribution < -0.4 is 14.3 Å². The van der Waals surface area contributed by atoms with Crippen molar-refractivity contribution in [3.05, 3.63) is 81.3 Å². The van der Waals surface area contributed by atoms with E-state index in [1.54, 1.807) is 55.6 Å². The first-order chi connectivity index (χ1) is 14.7. The summed E-state index contributed by atoms with van der Waals surface area (Å²) in [5.74, 6) is 0.338. The van der Waals surface area contributed by atoms with Crippen molar-refractivity contribution >= 4 is 45.2 Å². The molecule has 0 heterocycles. The molecule has 0 amide bonds. The second-order valence-electron chi connectivity index (χ2n) is 6.72. The van der Waals surface area contributed by atoms with E-state index in [4.69, 9.17) is 32.1 Å². The molecule has 0 unspecified atom stereocenters. The van der Waals surface area contributed by atoms with Crippen molar-refractivity contribution in [3.8, 4) is 11.5 Å². The maximum Gasteiger partial charge on any atom is 0.339 e. The number of benzene rings is 3. The van der Waals surface area contributed by atoms with Gasteiger partial charge in [-0.1, -0.05) is 35.3 Å². The van der Waals surface area contributed by atoms with E-state index >= 15 is 0 Å². The summed E-state index contributed by atoms with van der Waals surface area (Å²) in [4.78, 5) is 0.117. The Bertz CT molecular complexity index is 1240. The first kappa shape index (κ1) is 22.9. The van der Waals surface area contributed by atoms with Crippen molar-refractivity contribution in [2.24, 2.45) is 5.10 Å². The van der Waals surface area contributed by atoms with Crippen LogP contribution in [-0.2, 0) is 10.1 Å². The van der Waals surface area contributed by atoms with Gasteiger partial charge in [-0.25, -0.2) is 0 Å². The molecule has 0 aromatic heterocycles. The van der Waals surface area contributed by atoms with Crippen LogP contribution in [0, 0.1) is 13.8 Å². The molecule has 0 atom stereocenters. The number of nitrogens with zero attached hydrogens (tertiary/aromatic N) is 1. The van der Waals surface area contributed by atoms with Crippen LogP contribution in [0.2, 0.25) is 10.0 Å². The molecule has 0 aliphatic rings. The summed E-state index contributed by atoms with van der Waals surface area (Å²) < 4.78 is 36.2. The summed E-state index contributed by atoms with van der Waals surface area (Å²) in [5.41, 5.74) is 5.59. The fourth-order valence-electron chi connectivity index (χ4n) is 2.72. The minimum Gasteiger partial charge on any atom is -0.493 e. The van der Waals surface area contributed by atoms with Crippen LogP contribution in [0.3, 0.4) is 0 Å². The van der Waals surface area contributed by atoms with Gasteiger partial charge in [0, 0.05) is 0 Å². The molecule has 9 heteroatoms. The summed E-state index contributed by atoms with van der Waals surface area (Å²) in [6.45, 7) is 3.53. The number of halogens is 2. The third-order valence-corrected chi connectivity index (χ3v) is 6.44. The highest BCUT2D eigenvalue weighted by Gasteiger charge is 2.21. The monoisotopic (exact) mass is 478 g/mol. The number of hydrogen-bond donors (Lipinski definition) is 1. The van der Waals surface area contributed by atoms with Crippen LogP contribution in [0.5, 0.6) is 11.5 Å². The van der Waals surface area contributed by atoms with E-state index in [9.17, 15) is 8.42 Å². The summed E-state index contributed by atoms with van der Waals surface area (Å²) in [5, 5.41) is 5.00. The highest BCUT2D eigenvalue weighted by molar-refractivity contribution is 7.87. The van der Waals surface area contributed by atoms with Crippen LogP contribution in [0.4, 0.5) is 5.69 Å². The Labute approximate surface area is 191 Å². The Balaban J connectivity index is 1.79. The molecule has 31 heavy (non-hydrogen) atoms. The van der Waals surface area contributed by atoms with Crippen molar-refractivity contribution in [2.75, 3.05) is 12.5 Å². The van der Waals surface area contributed by atoms with Gasteiger partial charge in [0.25, 0.3) is 0 Å². The van der Waals surface area contributed by atoms with Crippen molar-refractivity contribution in [3.63, 3.8) is 0 Å². The second-order valence-corrected chi connectivity index (χ2v) is 9.04. The molecule has 0 fully saturated rings. The molecule has 0 aliphatic carbocycles. The normalized spacial score (nSPS) is 11.5. The molecule has 0 spiro atoms. The second kappa shape index (κ2) is 9.60. The van der Waals surface area contributed by atoms with Gasteiger partial charge in [-0.15, -0.1) is 0 Å². The minimum atomic E-state index is -4.02. The molecular weight excluding hydrogens is 459 g/mol. The molecule has 0 bridgehead atoms. The number of methoxy groups -OCH3 is 1. The minimum absolute atomic E-state index is 0.0815.